The summed E-state index contributed by atoms with van der Waals surface area (Å²) in [4.78, 5) is 20.4. The fourth-order valence-electron chi connectivity index (χ4n) is 2.32. The molecule has 112 valence electrons. The minimum Gasteiger partial charge on any atom is -0.478 e. The number of carbonyl (C=O) groups is 1. The Kier molecular flexibility index (Phi) is 3.96. The highest BCUT2D eigenvalue weighted by molar-refractivity contribution is 7.11. The number of carboxylic acids is 1. The second-order valence-electron chi connectivity index (χ2n) is 4.71. The lowest BCUT2D eigenvalue weighted by atomic mass is 9.96. The van der Waals surface area contributed by atoms with E-state index in [0.717, 1.165) is 0 Å². The van der Waals surface area contributed by atoms with E-state index in [4.69, 9.17) is 11.6 Å². The number of hydrogen-bond acceptors (Lipinski definition) is 5. The highest BCUT2D eigenvalue weighted by Gasteiger charge is 2.31. The smallest absolute Gasteiger partial charge is 0.335 e. The molecular formula is C15H12ClN3O2S. The zero-order chi connectivity index (χ0) is 15.7. The van der Waals surface area contributed by atoms with Gasteiger partial charge in [-0.2, -0.15) is 0 Å². The van der Waals surface area contributed by atoms with Gasteiger partial charge in [0.05, 0.1) is 5.57 Å². The summed E-state index contributed by atoms with van der Waals surface area (Å²) in [6, 6.07) is 6.47. The maximum absolute atomic E-state index is 11.6. The minimum absolute atomic E-state index is 0.188. The average molecular weight is 334 g/mol. The third kappa shape index (κ3) is 2.63. The van der Waals surface area contributed by atoms with Gasteiger partial charge in [0.2, 0.25) is 0 Å². The summed E-state index contributed by atoms with van der Waals surface area (Å²) in [5, 5.41) is 15.6. The summed E-state index contributed by atoms with van der Waals surface area (Å²) < 4.78 is 0. The molecule has 0 fully saturated rings. The van der Waals surface area contributed by atoms with Gasteiger partial charge in [-0.15, -0.1) is 11.3 Å². The molecule has 0 saturated carbocycles. The van der Waals surface area contributed by atoms with E-state index in [1.54, 1.807) is 31.3 Å². The van der Waals surface area contributed by atoms with E-state index in [2.05, 4.69) is 15.3 Å². The van der Waals surface area contributed by atoms with Crippen molar-refractivity contribution < 1.29 is 9.90 Å². The SMILES string of the molecule is CC1=C(C(=O)O)C(c2ccccc2Cl)N=C(c2nccs2)N1. The van der Waals surface area contributed by atoms with Crippen molar-refractivity contribution in [3.05, 3.63) is 62.7 Å². The van der Waals surface area contributed by atoms with Crippen molar-refractivity contribution in [3.63, 3.8) is 0 Å². The summed E-state index contributed by atoms with van der Waals surface area (Å²) in [7, 11) is 0. The average Bonchev–Trinajstić information content (AvgIpc) is 3.00. The maximum Gasteiger partial charge on any atom is 0.335 e. The van der Waals surface area contributed by atoms with Crippen LogP contribution in [0.4, 0.5) is 0 Å². The van der Waals surface area contributed by atoms with Crippen LogP contribution in [0.1, 0.15) is 23.5 Å². The molecule has 7 heteroatoms. The molecule has 1 aromatic carbocycles. The van der Waals surface area contributed by atoms with Crippen LogP contribution in [-0.2, 0) is 4.79 Å². The van der Waals surface area contributed by atoms with Crippen molar-refractivity contribution in [2.75, 3.05) is 0 Å². The largest absolute Gasteiger partial charge is 0.478 e. The third-order valence-corrected chi connectivity index (χ3v) is 4.43. The molecule has 0 amide bonds. The first-order valence-electron chi connectivity index (χ1n) is 6.51. The molecule has 1 aromatic heterocycles. The normalized spacial score (nSPS) is 17.9. The molecule has 2 heterocycles. The Balaban J connectivity index is 2.14. The number of amidine groups is 1. The number of hydrogen-bond donors (Lipinski definition) is 2. The van der Waals surface area contributed by atoms with Crippen LogP contribution in [0.3, 0.4) is 0 Å². The van der Waals surface area contributed by atoms with Gasteiger partial charge in [-0.25, -0.2) is 9.78 Å². The van der Waals surface area contributed by atoms with Crippen LogP contribution in [-0.4, -0.2) is 21.9 Å². The summed E-state index contributed by atoms with van der Waals surface area (Å²) >= 11 is 7.66. The Hall–Kier alpha value is -2.18. The van der Waals surface area contributed by atoms with Gasteiger partial charge < -0.3 is 10.4 Å². The lowest BCUT2D eigenvalue weighted by Gasteiger charge is -2.24. The minimum atomic E-state index is -1.02. The van der Waals surface area contributed by atoms with E-state index in [1.807, 2.05) is 11.4 Å². The number of aliphatic carboxylic acids is 1. The molecule has 1 aliphatic heterocycles. The van der Waals surface area contributed by atoms with E-state index in [-0.39, 0.29) is 5.57 Å². The van der Waals surface area contributed by atoms with Gasteiger partial charge in [0.1, 0.15) is 6.04 Å². The van der Waals surface area contributed by atoms with E-state index in [0.29, 0.717) is 27.1 Å². The molecule has 5 nitrogen and oxygen atoms in total. The monoisotopic (exact) mass is 333 g/mol. The summed E-state index contributed by atoms with van der Waals surface area (Å²) in [5.41, 5.74) is 1.39. The molecule has 0 aliphatic carbocycles. The van der Waals surface area contributed by atoms with Crippen LogP contribution in [0.25, 0.3) is 0 Å². The predicted octanol–water partition coefficient (Wildman–Crippen LogP) is 3.25. The lowest BCUT2D eigenvalue weighted by molar-refractivity contribution is -0.133. The predicted molar refractivity (Wildman–Crippen MR) is 86.3 cm³/mol. The first-order chi connectivity index (χ1) is 10.6. The highest BCUT2D eigenvalue weighted by Crippen LogP contribution is 2.35. The fraction of sp³-hybridized carbons (Fsp3) is 0.133. The number of allylic oxidation sites excluding steroid dienone is 1. The molecule has 0 saturated heterocycles. The molecule has 2 aromatic rings. The molecule has 22 heavy (non-hydrogen) atoms. The van der Waals surface area contributed by atoms with Gasteiger partial charge in [0, 0.05) is 27.9 Å². The van der Waals surface area contributed by atoms with Crippen LogP contribution in [0.5, 0.6) is 0 Å². The molecule has 1 unspecified atom stereocenters. The van der Waals surface area contributed by atoms with Crippen molar-refractivity contribution in [2.24, 2.45) is 4.99 Å². The summed E-state index contributed by atoms with van der Waals surface area (Å²) in [6.45, 7) is 1.72. The van der Waals surface area contributed by atoms with E-state index in [1.165, 1.54) is 11.3 Å². The van der Waals surface area contributed by atoms with Gasteiger partial charge in [0.25, 0.3) is 0 Å². The number of carboxylic acid groups (broad SMARTS) is 1. The standard InChI is InChI=1S/C15H12ClN3O2S/c1-8-11(15(20)21)12(9-4-2-3-5-10(9)16)19-13(18-8)14-17-6-7-22-14/h2-7,12H,1H3,(H,18,19)(H,20,21). The quantitative estimate of drug-likeness (QED) is 0.904. The lowest BCUT2D eigenvalue weighted by Crippen LogP contribution is -2.32. The van der Waals surface area contributed by atoms with E-state index < -0.39 is 12.0 Å². The second-order valence-corrected chi connectivity index (χ2v) is 6.01. The number of aromatic nitrogens is 1. The molecule has 1 atom stereocenters. The zero-order valence-corrected chi connectivity index (χ0v) is 13.1. The van der Waals surface area contributed by atoms with Crippen molar-refractivity contribution >= 4 is 34.7 Å². The Morgan fingerprint density at radius 2 is 2.18 bits per heavy atom. The summed E-state index contributed by atoms with van der Waals surface area (Å²) in [5.74, 6) is -0.459. The van der Waals surface area contributed by atoms with Crippen molar-refractivity contribution in [2.45, 2.75) is 13.0 Å². The van der Waals surface area contributed by atoms with Crippen LogP contribution < -0.4 is 5.32 Å². The first kappa shape index (κ1) is 14.7. The topological polar surface area (TPSA) is 74.6 Å². The number of nitrogens with zero attached hydrogens (tertiary/aromatic N) is 2. The number of thiazole rings is 1. The number of rotatable bonds is 3. The number of aliphatic imine (C=N–C) groups is 1. The van der Waals surface area contributed by atoms with Gasteiger partial charge in [0.15, 0.2) is 10.8 Å². The van der Waals surface area contributed by atoms with Crippen LogP contribution in [0, 0.1) is 0 Å². The molecule has 2 N–H and O–H groups in total. The Morgan fingerprint density at radius 3 is 2.82 bits per heavy atom. The summed E-state index contributed by atoms with van der Waals surface area (Å²) in [6.07, 6.45) is 1.68. The number of nitrogens with one attached hydrogen (secondary N) is 1. The van der Waals surface area contributed by atoms with Gasteiger partial charge in [-0.1, -0.05) is 29.8 Å². The molecular weight excluding hydrogens is 322 g/mol. The van der Waals surface area contributed by atoms with Gasteiger partial charge in [-0.3, -0.25) is 4.99 Å². The number of benzene rings is 1. The maximum atomic E-state index is 11.6. The van der Waals surface area contributed by atoms with Crippen molar-refractivity contribution in [3.8, 4) is 0 Å². The van der Waals surface area contributed by atoms with Gasteiger partial charge >= 0.3 is 5.97 Å². The Morgan fingerprint density at radius 1 is 1.41 bits per heavy atom. The second kappa shape index (κ2) is 5.90. The molecule has 0 radical (unpaired) electrons. The van der Waals surface area contributed by atoms with Crippen LogP contribution in [0.2, 0.25) is 5.02 Å². The Bertz CT molecular complexity index is 784. The molecule has 0 bridgehead atoms. The number of halogens is 1. The van der Waals surface area contributed by atoms with Crippen LogP contribution >= 0.6 is 22.9 Å². The molecule has 1 aliphatic rings. The van der Waals surface area contributed by atoms with Crippen LogP contribution in [0.15, 0.2) is 52.1 Å². The van der Waals surface area contributed by atoms with E-state index in [9.17, 15) is 9.90 Å². The first-order valence-corrected chi connectivity index (χ1v) is 7.77. The fourth-order valence-corrected chi connectivity index (χ4v) is 3.15. The zero-order valence-electron chi connectivity index (χ0n) is 11.6. The third-order valence-electron chi connectivity index (χ3n) is 3.31. The van der Waals surface area contributed by atoms with Crippen molar-refractivity contribution in [1.29, 1.82) is 0 Å². The Labute approximate surface area is 136 Å². The molecule has 3 rings (SSSR count). The van der Waals surface area contributed by atoms with Gasteiger partial charge in [-0.05, 0) is 13.0 Å². The highest BCUT2D eigenvalue weighted by atomic mass is 35.5. The van der Waals surface area contributed by atoms with Crippen molar-refractivity contribution in [1.82, 2.24) is 10.3 Å². The van der Waals surface area contributed by atoms with E-state index >= 15 is 0 Å². The molecule has 0 spiro atoms.